The van der Waals surface area contributed by atoms with E-state index in [1.54, 1.807) is 0 Å². The van der Waals surface area contributed by atoms with Crippen LogP contribution < -0.4 is 16.6 Å². The lowest BCUT2D eigenvalue weighted by Gasteiger charge is -2.15. The average Bonchev–Trinajstić information content (AvgIpc) is 2.61. The van der Waals surface area contributed by atoms with Gasteiger partial charge < -0.3 is 16.0 Å². The van der Waals surface area contributed by atoms with Gasteiger partial charge >= 0.3 is 0 Å². The summed E-state index contributed by atoms with van der Waals surface area (Å²) >= 11 is 0. The van der Waals surface area contributed by atoms with Crippen molar-refractivity contribution in [3.8, 4) is 0 Å². The largest absolute Gasteiger partial charge is 0.370 e. The van der Waals surface area contributed by atoms with E-state index >= 15 is 0 Å². The van der Waals surface area contributed by atoms with Crippen molar-refractivity contribution < 1.29 is 0 Å². The third-order valence-corrected chi connectivity index (χ3v) is 2.94. The monoisotopic (exact) mass is 208 g/mol. The van der Waals surface area contributed by atoms with Crippen LogP contribution in [0.2, 0.25) is 0 Å². The molecule has 2 atom stereocenters. The van der Waals surface area contributed by atoms with Crippen LogP contribution in [0.25, 0.3) is 0 Å². The Balaban J connectivity index is 1.90. The van der Waals surface area contributed by atoms with Crippen LogP contribution in [0.3, 0.4) is 0 Å². The van der Waals surface area contributed by atoms with Crippen LogP contribution in [0.5, 0.6) is 0 Å². The maximum Gasteiger partial charge on any atom is 0.252 e. The van der Waals surface area contributed by atoms with Gasteiger partial charge in [-0.25, -0.2) is 4.98 Å². The molecule has 0 amide bonds. The topological polar surface area (TPSA) is 83.8 Å². The van der Waals surface area contributed by atoms with Crippen molar-refractivity contribution in [2.24, 2.45) is 11.7 Å². The quantitative estimate of drug-likeness (QED) is 0.667. The summed E-state index contributed by atoms with van der Waals surface area (Å²) in [6, 6.07) is 1.75. The number of hydrogen-bond acceptors (Lipinski definition) is 4. The molecule has 0 aliphatic heterocycles. The molecule has 5 nitrogen and oxygen atoms in total. The van der Waals surface area contributed by atoms with Gasteiger partial charge in [0.25, 0.3) is 5.56 Å². The van der Waals surface area contributed by atoms with Gasteiger partial charge in [0.1, 0.15) is 5.82 Å². The smallest absolute Gasteiger partial charge is 0.252 e. The van der Waals surface area contributed by atoms with Gasteiger partial charge in [0.15, 0.2) is 0 Å². The van der Waals surface area contributed by atoms with Crippen LogP contribution in [0.1, 0.15) is 19.3 Å². The molecule has 0 spiro atoms. The first kappa shape index (κ1) is 10.2. The van der Waals surface area contributed by atoms with Crippen molar-refractivity contribution in [1.29, 1.82) is 0 Å². The van der Waals surface area contributed by atoms with E-state index in [4.69, 9.17) is 5.73 Å². The molecule has 82 valence electrons. The summed E-state index contributed by atoms with van der Waals surface area (Å²) in [5.41, 5.74) is 5.81. The SMILES string of the molecule is NC1CCCC1CNc1cc(=O)[nH]cn1. The normalized spacial score (nSPS) is 25.4. The van der Waals surface area contributed by atoms with Gasteiger partial charge in [0.2, 0.25) is 0 Å². The molecular formula is C10H16N4O. The van der Waals surface area contributed by atoms with E-state index in [2.05, 4.69) is 15.3 Å². The van der Waals surface area contributed by atoms with Crippen LogP contribution in [0.15, 0.2) is 17.2 Å². The van der Waals surface area contributed by atoms with Gasteiger partial charge in [0, 0.05) is 18.7 Å². The van der Waals surface area contributed by atoms with E-state index < -0.39 is 0 Å². The minimum absolute atomic E-state index is 0.136. The van der Waals surface area contributed by atoms with Gasteiger partial charge in [-0.05, 0) is 18.8 Å². The third kappa shape index (κ3) is 2.56. The Morgan fingerprint density at radius 2 is 2.47 bits per heavy atom. The van der Waals surface area contributed by atoms with Crippen LogP contribution in [0, 0.1) is 5.92 Å². The maximum atomic E-state index is 11.0. The molecule has 15 heavy (non-hydrogen) atoms. The summed E-state index contributed by atoms with van der Waals surface area (Å²) in [6.07, 6.45) is 4.88. The van der Waals surface area contributed by atoms with E-state index in [9.17, 15) is 4.79 Å². The van der Waals surface area contributed by atoms with Crippen molar-refractivity contribution >= 4 is 5.82 Å². The molecule has 1 heterocycles. The van der Waals surface area contributed by atoms with Crippen molar-refractivity contribution in [2.45, 2.75) is 25.3 Å². The zero-order valence-corrected chi connectivity index (χ0v) is 8.57. The molecule has 1 aliphatic carbocycles. The number of nitrogens with one attached hydrogen (secondary N) is 2. The fourth-order valence-electron chi connectivity index (χ4n) is 2.02. The maximum absolute atomic E-state index is 11.0. The molecule has 2 rings (SSSR count). The first-order chi connectivity index (χ1) is 7.25. The summed E-state index contributed by atoms with van der Waals surface area (Å²) in [5, 5.41) is 3.15. The molecule has 0 bridgehead atoms. The molecule has 0 saturated heterocycles. The molecule has 0 aromatic carbocycles. The number of nitrogens with zero attached hydrogens (tertiary/aromatic N) is 1. The molecule has 1 fully saturated rings. The van der Waals surface area contributed by atoms with Gasteiger partial charge in [-0.2, -0.15) is 0 Å². The van der Waals surface area contributed by atoms with Crippen LogP contribution in [-0.2, 0) is 0 Å². The number of hydrogen-bond donors (Lipinski definition) is 3. The first-order valence-electron chi connectivity index (χ1n) is 5.30. The second kappa shape index (κ2) is 4.44. The lowest BCUT2D eigenvalue weighted by Crippen LogP contribution is -2.30. The fraction of sp³-hybridized carbons (Fsp3) is 0.600. The van der Waals surface area contributed by atoms with Crippen LogP contribution >= 0.6 is 0 Å². The number of H-pyrrole nitrogens is 1. The molecule has 5 heteroatoms. The van der Waals surface area contributed by atoms with Gasteiger partial charge in [0.05, 0.1) is 6.33 Å². The zero-order chi connectivity index (χ0) is 10.7. The Morgan fingerprint density at radius 1 is 1.60 bits per heavy atom. The standard InChI is InChI=1S/C10H16N4O/c11-8-3-1-2-7(8)5-12-9-4-10(15)14-6-13-9/h4,6-8H,1-3,5,11H2,(H2,12,13,14,15). The third-order valence-electron chi connectivity index (χ3n) is 2.94. The number of rotatable bonds is 3. The van der Waals surface area contributed by atoms with Gasteiger partial charge in [-0.15, -0.1) is 0 Å². The zero-order valence-electron chi connectivity index (χ0n) is 8.57. The lowest BCUT2D eigenvalue weighted by molar-refractivity contribution is 0.504. The summed E-state index contributed by atoms with van der Waals surface area (Å²) in [6.45, 7) is 0.803. The Bertz CT molecular complexity index is 376. The van der Waals surface area contributed by atoms with Crippen LogP contribution in [-0.4, -0.2) is 22.6 Å². The number of anilines is 1. The molecule has 4 N–H and O–H groups in total. The highest BCUT2D eigenvalue weighted by Gasteiger charge is 2.23. The summed E-state index contributed by atoms with van der Waals surface area (Å²) in [5.74, 6) is 1.13. The highest BCUT2D eigenvalue weighted by Crippen LogP contribution is 2.23. The highest BCUT2D eigenvalue weighted by atomic mass is 16.1. The predicted molar refractivity (Wildman–Crippen MR) is 58.7 cm³/mol. The molecule has 0 radical (unpaired) electrons. The lowest BCUT2D eigenvalue weighted by atomic mass is 10.1. The Hall–Kier alpha value is -1.36. The van der Waals surface area contributed by atoms with Crippen molar-refractivity contribution in [1.82, 2.24) is 9.97 Å². The molecule has 1 aromatic heterocycles. The van der Waals surface area contributed by atoms with E-state index in [0.717, 1.165) is 19.4 Å². The molecular weight excluding hydrogens is 192 g/mol. The number of aromatic nitrogens is 2. The van der Waals surface area contributed by atoms with Crippen molar-refractivity contribution in [3.63, 3.8) is 0 Å². The summed E-state index contributed by atoms with van der Waals surface area (Å²) in [4.78, 5) is 17.5. The minimum atomic E-state index is -0.136. The predicted octanol–water partition coefficient (Wildman–Crippen LogP) is 0.309. The molecule has 1 aromatic rings. The summed E-state index contributed by atoms with van der Waals surface area (Å²) in [7, 11) is 0. The highest BCUT2D eigenvalue weighted by molar-refractivity contribution is 5.31. The molecule has 1 saturated carbocycles. The Morgan fingerprint density at radius 3 is 3.13 bits per heavy atom. The Labute approximate surface area is 88.1 Å². The molecule has 2 unspecified atom stereocenters. The van der Waals surface area contributed by atoms with Crippen LogP contribution in [0.4, 0.5) is 5.82 Å². The number of aromatic amines is 1. The average molecular weight is 208 g/mol. The van der Waals surface area contributed by atoms with E-state index in [1.807, 2.05) is 0 Å². The van der Waals surface area contributed by atoms with Gasteiger partial charge in [-0.1, -0.05) is 6.42 Å². The second-order valence-electron chi connectivity index (χ2n) is 4.03. The second-order valence-corrected chi connectivity index (χ2v) is 4.03. The van der Waals surface area contributed by atoms with Crippen molar-refractivity contribution in [3.05, 3.63) is 22.7 Å². The summed E-state index contributed by atoms with van der Waals surface area (Å²) < 4.78 is 0. The van der Waals surface area contributed by atoms with E-state index in [0.29, 0.717) is 17.8 Å². The van der Waals surface area contributed by atoms with E-state index in [1.165, 1.54) is 18.8 Å². The Kier molecular flexibility index (Phi) is 3.01. The first-order valence-corrected chi connectivity index (χ1v) is 5.30. The van der Waals surface area contributed by atoms with Gasteiger partial charge in [-0.3, -0.25) is 4.79 Å². The van der Waals surface area contributed by atoms with E-state index in [-0.39, 0.29) is 5.56 Å². The minimum Gasteiger partial charge on any atom is -0.370 e. The molecule has 1 aliphatic rings. The fourth-order valence-corrected chi connectivity index (χ4v) is 2.02. The van der Waals surface area contributed by atoms with Crippen molar-refractivity contribution in [2.75, 3.05) is 11.9 Å². The number of nitrogens with two attached hydrogens (primary N) is 1.